The highest BCUT2D eigenvalue weighted by molar-refractivity contribution is 7.99. The third-order valence-corrected chi connectivity index (χ3v) is 5.25. The van der Waals surface area contributed by atoms with Crippen molar-refractivity contribution in [3.8, 4) is 0 Å². The summed E-state index contributed by atoms with van der Waals surface area (Å²) in [5, 5.41) is 9.07. The Balaban J connectivity index is 1.85. The van der Waals surface area contributed by atoms with Crippen molar-refractivity contribution >= 4 is 11.8 Å². The molecule has 0 amide bonds. The first kappa shape index (κ1) is 13.9. The minimum Gasteiger partial charge on any atom is -0.310 e. The molecule has 2 atom stereocenters. The molecule has 1 aromatic rings. The Labute approximate surface area is 115 Å². The van der Waals surface area contributed by atoms with Crippen LogP contribution in [0.15, 0.2) is 0 Å². The fourth-order valence-corrected chi connectivity index (χ4v) is 3.97. The summed E-state index contributed by atoms with van der Waals surface area (Å²) in [4.78, 5) is 0. The molecule has 102 valence electrons. The Morgan fingerprint density at radius 3 is 2.78 bits per heavy atom. The van der Waals surface area contributed by atoms with Crippen molar-refractivity contribution in [1.29, 1.82) is 0 Å². The molecule has 1 aromatic heterocycles. The van der Waals surface area contributed by atoms with Gasteiger partial charge in [-0.2, -0.15) is 16.9 Å². The molecule has 2 rings (SSSR count). The first-order chi connectivity index (χ1) is 8.61. The zero-order valence-electron chi connectivity index (χ0n) is 12.0. The summed E-state index contributed by atoms with van der Waals surface area (Å²) in [5.74, 6) is 1.25. The number of rotatable bonds is 5. The van der Waals surface area contributed by atoms with Crippen molar-refractivity contribution in [2.45, 2.75) is 57.9 Å². The van der Waals surface area contributed by atoms with E-state index in [-0.39, 0.29) is 0 Å². The molecule has 1 aliphatic carbocycles. The molecule has 0 spiro atoms. The molecule has 3 nitrogen and oxygen atoms in total. The van der Waals surface area contributed by atoms with Crippen LogP contribution in [-0.4, -0.2) is 26.8 Å². The van der Waals surface area contributed by atoms with E-state index in [0.717, 1.165) is 11.8 Å². The Bertz CT molecular complexity index is 400. The first-order valence-corrected chi connectivity index (χ1v) is 8.00. The van der Waals surface area contributed by atoms with Gasteiger partial charge in [-0.3, -0.25) is 4.68 Å². The van der Waals surface area contributed by atoms with E-state index < -0.39 is 0 Å². The predicted molar refractivity (Wildman–Crippen MR) is 79.1 cm³/mol. The highest BCUT2D eigenvalue weighted by atomic mass is 32.2. The summed E-state index contributed by atoms with van der Waals surface area (Å²) < 4.78 is 1.98. The van der Waals surface area contributed by atoms with E-state index in [1.165, 1.54) is 42.0 Å². The lowest BCUT2D eigenvalue weighted by atomic mass is 10.1. The van der Waals surface area contributed by atoms with Gasteiger partial charge < -0.3 is 5.32 Å². The number of aromatic nitrogens is 2. The van der Waals surface area contributed by atoms with Crippen LogP contribution in [0.3, 0.4) is 0 Å². The molecule has 0 bridgehead atoms. The second-order valence-corrected chi connectivity index (χ2v) is 6.82. The normalized spacial score (nSPS) is 23.8. The van der Waals surface area contributed by atoms with Gasteiger partial charge >= 0.3 is 0 Å². The van der Waals surface area contributed by atoms with Gasteiger partial charge in [0.05, 0.1) is 5.69 Å². The van der Waals surface area contributed by atoms with Crippen LogP contribution in [0.2, 0.25) is 0 Å². The Hall–Kier alpha value is -0.480. The predicted octanol–water partition coefficient (Wildman–Crippen LogP) is 2.80. The standard InChI is InChI=1S/C14H25N3S/c1-5-18-13-7-6-12(8-13)15-9-14-10(2)16-17(4)11(14)3/h12-13,15H,5-9H2,1-4H3/t12-,13+/m1/s1. The molecule has 1 N–H and O–H groups in total. The molecular formula is C14H25N3S. The van der Waals surface area contributed by atoms with Crippen LogP contribution in [0, 0.1) is 13.8 Å². The zero-order valence-corrected chi connectivity index (χ0v) is 12.8. The van der Waals surface area contributed by atoms with Crippen molar-refractivity contribution < 1.29 is 0 Å². The van der Waals surface area contributed by atoms with E-state index in [2.05, 4.69) is 42.9 Å². The van der Waals surface area contributed by atoms with Crippen LogP contribution in [0.25, 0.3) is 0 Å². The monoisotopic (exact) mass is 267 g/mol. The molecule has 18 heavy (non-hydrogen) atoms. The number of hydrogen-bond acceptors (Lipinski definition) is 3. The van der Waals surface area contributed by atoms with Crippen LogP contribution in [0.1, 0.15) is 43.1 Å². The SMILES string of the molecule is CCS[C@H]1CC[C@@H](NCc2c(C)nn(C)c2C)C1. The molecule has 1 fully saturated rings. The van der Waals surface area contributed by atoms with Crippen molar-refractivity contribution in [2.24, 2.45) is 7.05 Å². The molecule has 0 aliphatic heterocycles. The van der Waals surface area contributed by atoms with Gasteiger partial charge in [-0.05, 0) is 38.9 Å². The smallest absolute Gasteiger partial charge is 0.0641 e. The van der Waals surface area contributed by atoms with E-state index in [0.29, 0.717) is 6.04 Å². The topological polar surface area (TPSA) is 29.9 Å². The van der Waals surface area contributed by atoms with Crippen LogP contribution in [0.5, 0.6) is 0 Å². The molecule has 1 aliphatic rings. The molecule has 1 saturated carbocycles. The largest absolute Gasteiger partial charge is 0.310 e. The first-order valence-electron chi connectivity index (χ1n) is 6.95. The van der Waals surface area contributed by atoms with E-state index in [1.54, 1.807) is 0 Å². The maximum absolute atomic E-state index is 4.47. The number of thioether (sulfide) groups is 1. The van der Waals surface area contributed by atoms with E-state index in [4.69, 9.17) is 0 Å². The van der Waals surface area contributed by atoms with Crippen molar-refractivity contribution in [2.75, 3.05) is 5.75 Å². The molecule has 0 aromatic carbocycles. The van der Waals surface area contributed by atoms with E-state index in [1.807, 2.05) is 11.7 Å². The molecule has 0 unspecified atom stereocenters. The number of nitrogens with one attached hydrogen (secondary N) is 1. The lowest BCUT2D eigenvalue weighted by molar-refractivity contribution is 0.523. The molecule has 4 heteroatoms. The molecule has 0 radical (unpaired) electrons. The highest BCUT2D eigenvalue weighted by Gasteiger charge is 2.24. The van der Waals surface area contributed by atoms with Gasteiger partial charge in [0.1, 0.15) is 0 Å². The number of aryl methyl sites for hydroxylation is 2. The number of hydrogen-bond donors (Lipinski definition) is 1. The van der Waals surface area contributed by atoms with Gasteiger partial charge in [0.2, 0.25) is 0 Å². The highest BCUT2D eigenvalue weighted by Crippen LogP contribution is 2.30. The van der Waals surface area contributed by atoms with Gasteiger partial charge in [0, 0.05) is 36.1 Å². The summed E-state index contributed by atoms with van der Waals surface area (Å²) in [6, 6.07) is 0.702. The van der Waals surface area contributed by atoms with Crippen LogP contribution < -0.4 is 5.32 Å². The summed E-state index contributed by atoms with van der Waals surface area (Å²) in [6.07, 6.45) is 4.04. The van der Waals surface area contributed by atoms with Gasteiger partial charge in [-0.1, -0.05) is 6.92 Å². The summed E-state index contributed by atoms with van der Waals surface area (Å²) in [7, 11) is 2.02. The van der Waals surface area contributed by atoms with E-state index >= 15 is 0 Å². The maximum atomic E-state index is 4.47. The second kappa shape index (κ2) is 6.11. The minimum atomic E-state index is 0.702. The van der Waals surface area contributed by atoms with Crippen LogP contribution in [0.4, 0.5) is 0 Å². The Morgan fingerprint density at radius 2 is 2.17 bits per heavy atom. The minimum absolute atomic E-state index is 0.702. The average molecular weight is 267 g/mol. The maximum Gasteiger partial charge on any atom is 0.0641 e. The molecular weight excluding hydrogens is 242 g/mol. The second-order valence-electron chi connectivity index (χ2n) is 5.24. The van der Waals surface area contributed by atoms with Crippen molar-refractivity contribution in [3.05, 3.63) is 17.0 Å². The van der Waals surface area contributed by atoms with Crippen molar-refractivity contribution in [1.82, 2.24) is 15.1 Å². The quantitative estimate of drug-likeness (QED) is 0.889. The van der Waals surface area contributed by atoms with Crippen molar-refractivity contribution in [3.63, 3.8) is 0 Å². The fraction of sp³-hybridized carbons (Fsp3) is 0.786. The lowest BCUT2D eigenvalue weighted by Crippen LogP contribution is -2.26. The average Bonchev–Trinajstić information content (AvgIpc) is 2.85. The van der Waals surface area contributed by atoms with Crippen LogP contribution >= 0.6 is 11.8 Å². The third kappa shape index (κ3) is 3.09. The Kier molecular flexibility index (Phi) is 4.73. The van der Waals surface area contributed by atoms with Crippen LogP contribution in [-0.2, 0) is 13.6 Å². The van der Waals surface area contributed by atoms with Gasteiger partial charge in [0.25, 0.3) is 0 Å². The molecule has 1 heterocycles. The fourth-order valence-electron chi connectivity index (χ4n) is 2.83. The zero-order chi connectivity index (χ0) is 13.1. The lowest BCUT2D eigenvalue weighted by Gasteiger charge is -2.13. The summed E-state index contributed by atoms with van der Waals surface area (Å²) in [6.45, 7) is 7.49. The van der Waals surface area contributed by atoms with Gasteiger partial charge in [0.15, 0.2) is 0 Å². The third-order valence-electron chi connectivity index (χ3n) is 4.01. The number of nitrogens with zero attached hydrogens (tertiary/aromatic N) is 2. The summed E-state index contributed by atoms with van der Waals surface area (Å²) >= 11 is 2.12. The van der Waals surface area contributed by atoms with Gasteiger partial charge in [-0.25, -0.2) is 0 Å². The molecule has 0 saturated heterocycles. The van der Waals surface area contributed by atoms with Gasteiger partial charge in [-0.15, -0.1) is 0 Å². The summed E-state index contributed by atoms with van der Waals surface area (Å²) in [5.41, 5.74) is 3.83. The van der Waals surface area contributed by atoms with E-state index in [9.17, 15) is 0 Å². The Morgan fingerprint density at radius 1 is 1.39 bits per heavy atom.